The maximum atomic E-state index is 12.2. The van der Waals surface area contributed by atoms with E-state index in [1.54, 1.807) is 18.4 Å². The highest BCUT2D eigenvalue weighted by molar-refractivity contribution is 6.31. The maximum absolute atomic E-state index is 12.2. The third kappa shape index (κ3) is 2.93. The number of furan rings is 1. The highest BCUT2D eigenvalue weighted by Crippen LogP contribution is 2.25. The van der Waals surface area contributed by atoms with E-state index in [1.807, 2.05) is 37.3 Å². The van der Waals surface area contributed by atoms with Gasteiger partial charge in [0.2, 0.25) is 5.91 Å². The number of para-hydroxylation sites is 1. The smallest absolute Gasteiger partial charge is 0.228 e. The Bertz CT molecular complexity index is 807. The molecule has 0 unspecified atom stereocenters. The summed E-state index contributed by atoms with van der Waals surface area (Å²) in [6, 6.07) is 13.1. The molecule has 0 saturated carbocycles. The van der Waals surface area contributed by atoms with Crippen LogP contribution < -0.4 is 5.32 Å². The largest absolute Gasteiger partial charge is 0.464 e. The Morgan fingerprint density at radius 1 is 1.24 bits per heavy atom. The van der Waals surface area contributed by atoms with Crippen LogP contribution >= 0.6 is 11.6 Å². The summed E-state index contributed by atoms with van der Waals surface area (Å²) in [4.78, 5) is 12.2. The molecule has 0 aliphatic heterocycles. The predicted octanol–water partition coefficient (Wildman–Crippen LogP) is 4.58. The van der Waals surface area contributed by atoms with Gasteiger partial charge in [-0.05, 0) is 36.8 Å². The first-order valence-corrected chi connectivity index (χ1v) is 7.02. The molecule has 0 fully saturated rings. The number of hydrogen-bond donors (Lipinski definition) is 1. The molecule has 1 N–H and O–H groups in total. The number of fused-ring (bicyclic) bond motifs is 1. The normalized spacial score (nSPS) is 10.8. The number of rotatable bonds is 3. The van der Waals surface area contributed by atoms with Crippen molar-refractivity contribution < 1.29 is 9.21 Å². The van der Waals surface area contributed by atoms with Crippen molar-refractivity contribution in [2.75, 3.05) is 5.32 Å². The van der Waals surface area contributed by atoms with Crippen molar-refractivity contribution in [1.29, 1.82) is 0 Å². The van der Waals surface area contributed by atoms with Crippen LogP contribution in [-0.4, -0.2) is 5.91 Å². The van der Waals surface area contributed by atoms with Crippen LogP contribution in [0.4, 0.5) is 5.69 Å². The molecule has 2 aromatic carbocycles. The monoisotopic (exact) mass is 299 g/mol. The summed E-state index contributed by atoms with van der Waals surface area (Å²) in [6.45, 7) is 1.96. The van der Waals surface area contributed by atoms with Gasteiger partial charge in [-0.25, -0.2) is 0 Å². The van der Waals surface area contributed by atoms with Crippen molar-refractivity contribution in [3.63, 3.8) is 0 Å². The third-order valence-corrected chi connectivity index (χ3v) is 3.62. The van der Waals surface area contributed by atoms with Crippen molar-refractivity contribution in [2.45, 2.75) is 13.3 Å². The molecule has 21 heavy (non-hydrogen) atoms. The number of amides is 1. The van der Waals surface area contributed by atoms with Gasteiger partial charge in [-0.3, -0.25) is 4.79 Å². The molecule has 1 aromatic heterocycles. The van der Waals surface area contributed by atoms with E-state index >= 15 is 0 Å². The van der Waals surface area contributed by atoms with Gasteiger partial charge in [0.15, 0.2) is 0 Å². The average molecular weight is 300 g/mol. The van der Waals surface area contributed by atoms with Crippen LogP contribution in [0.1, 0.15) is 11.1 Å². The van der Waals surface area contributed by atoms with Crippen molar-refractivity contribution >= 4 is 34.2 Å². The van der Waals surface area contributed by atoms with Crippen LogP contribution in [0.25, 0.3) is 11.0 Å². The SMILES string of the molecule is Cc1ccccc1NC(=O)Cc1coc2ccc(Cl)cc12. The molecule has 3 nitrogen and oxygen atoms in total. The summed E-state index contributed by atoms with van der Waals surface area (Å²) in [7, 11) is 0. The molecule has 0 saturated heterocycles. The number of carbonyl (C=O) groups is 1. The van der Waals surface area contributed by atoms with Crippen LogP contribution in [0.3, 0.4) is 0 Å². The molecule has 0 radical (unpaired) electrons. The van der Waals surface area contributed by atoms with E-state index in [-0.39, 0.29) is 12.3 Å². The average Bonchev–Trinajstić information content (AvgIpc) is 2.84. The van der Waals surface area contributed by atoms with Gasteiger partial charge >= 0.3 is 0 Å². The fraction of sp³-hybridized carbons (Fsp3) is 0.118. The lowest BCUT2D eigenvalue weighted by Gasteiger charge is -2.07. The molecule has 0 spiro atoms. The van der Waals surface area contributed by atoms with E-state index in [1.165, 1.54) is 0 Å². The topological polar surface area (TPSA) is 42.2 Å². The van der Waals surface area contributed by atoms with Crippen molar-refractivity contribution in [1.82, 2.24) is 0 Å². The Morgan fingerprint density at radius 3 is 2.86 bits per heavy atom. The lowest BCUT2D eigenvalue weighted by atomic mass is 10.1. The molecule has 1 heterocycles. The number of benzene rings is 2. The van der Waals surface area contributed by atoms with E-state index < -0.39 is 0 Å². The summed E-state index contributed by atoms with van der Waals surface area (Å²) in [5.74, 6) is -0.0769. The van der Waals surface area contributed by atoms with E-state index in [9.17, 15) is 4.79 Å². The zero-order valence-electron chi connectivity index (χ0n) is 11.5. The molecule has 0 atom stereocenters. The molecule has 4 heteroatoms. The van der Waals surface area contributed by atoms with Crippen LogP contribution in [0.2, 0.25) is 5.02 Å². The zero-order valence-corrected chi connectivity index (χ0v) is 12.3. The van der Waals surface area contributed by atoms with E-state index in [2.05, 4.69) is 5.32 Å². The number of hydrogen-bond acceptors (Lipinski definition) is 2. The predicted molar refractivity (Wildman–Crippen MR) is 84.7 cm³/mol. The van der Waals surface area contributed by atoms with Crippen LogP contribution in [0.15, 0.2) is 53.1 Å². The first-order valence-electron chi connectivity index (χ1n) is 6.64. The summed E-state index contributed by atoms with van der Waals surface area (Å²) in [5.41, 5.74) is 3.43. The summed E-state index contributed by atoms with van der Waals surface area (Å²) >= 11 is 5.99. The molecular formula is C17H14ClNO2. The molecule has 3 aromatic rings. The first kappa shape index (κ1) is 13.7. The van der Waals surface area contributed by atoms with Gasteiger partial charge in [0.1, 0.15) is 5.58 Å². The molecule has 0 aliphatic rings. The van der Waals surface area contributed by atoms with Crippen molar-refractivity contribution in [2.24, 2.45) is 0 Å². The number of halogens is 1. The fourth-order valence-corrected chi connectivity index (χ4v) is 2.44. The first-order chi connectivity index (χ1) is 10.1. The quantitative estimate of drug-likeness (QED) is 0.769. The second-order valence-electron chi connectivity index (χ2n) is 4.94. The van der Waals surface area contributed by atoms with Gasteiger partial charge in [-0.1, -0.05) is 29.8 Å². The summed E-state index contributed by atoms with van der Waals surface area (Å²) in [5, 5.41) is 4.42. The number of carbonyl (C=O) groups excluding carboxylic acids is 1. The molecule has 106 valence electrons. The number of anilines is 1. The van der Waals surface area contributed by atoms with Crippen LogP contribution in [-0.2, 0) is 11.2 Å². The minimum absolute atomic E-state index is 0.0769. The minimum atomic E-state index is -0.0769. The van der Waals surface area contributed by atoms with Gasteiger partial charge in [0.25, 0.3) is 0 Å². The second kappa shape index (κ2) is 5.62. The Morgan fingerprint density at radius 2 is 2.05 bits per heavy atom. The van der Waals surface area contributed by atoms with Crippen LogP contribution in [0, 0.1) is 6.92 Å². The lowest BCUT2D eigenvalue weighted by Crippen LogP contribution is -2.14. The molecule has 3 rings (SSSR count). The van der Waals surface area contributed by atoms with Gasteiger partial charge < -0.3 is 9.73 Å². The Balaban J connectivity index is 1.80. The minimum Gasteiger partial charge on any atom is -0.464 e. The Kier molecular flexibility index (Phi) is 3.67. The Labute approximate surface area is 127 Å². The second-order valence-corrected chi connectivity index (χ2v) is 5.38. The molecular weight excluding hydrogens is 286 g/mol. The lowest BCUT2D eigenvalue weighted by molar-refractivity contribution is -0.115. The highest BCUT2D eigenvalue weighted by Gasteiger charge is 2.11. The molecule has 1 amide bonds. The van der Waals surface area contributed by atoms with Crippen LogP contribution in [0.5, 0.6) is 0 Å². The highest BCUT2D eigenvalue weighted by atomic mass is 35.5. The fourth-order valence-electron chi connectivity index (χ4n) is 2.27. The van der Waals surface area contributed by atoms with Crippen molar-refractivity contribution in [3.8, 4) is 0 Å². The maximum Gasteiger partial charge on any atom is 0.228 e. The van der Waals surface area contributed by atoms with E-state index in [4.69, 9.17) is 16.0 Å². The zero-order chi connectivity index (χ0) is 14.8. The third-order valence-electron chi connectivity index (χ3n) is 3.39. The van der Waals surface area contributed by atoms with Gasteiger partial charge in [0.05, 0.1) is 12.7 Å². The number of nitrogens with one attached hydrogen (secondary N) is 1. The van der Waals surface area contributed by atoms with Gasteiger partial charge in [0, 0.05) is 21.7 Å². The molecule has 0 aliphatic carbocycles. The van der Waals surface area contributed by atoms with E-state index in [0.29, 0.717) is 5.02 Å². The van der Waals surface area contributed by atoms with Gasteiger partial charge in [-0.2, -0.15) is 0 Å². The van der Waals surface area contributed by atoms with E-state index in [0.717, 1.165) is 27.8 Å². The summed E-state index contributed by atoms with van der Waals surface area (Å²) < 4.78 is 5.44. The number of aryl methyl sites for hydroxylation is 1. The summed E-state index contributed by atoms with van der Waals surface area (Å²) in [6.07, 6.45) is 1.86. The van der Waals surface area contributed by atoms with Gasteiger partial charge in [-0.15, -0.1) is 0 Å². The standard InChI is InChI=1S/C17H14ClNO2/c1-11-4-2-3-5-15(11)19-17(20)8-12-10-21-16-7-6-13(18)9-14(12)16/h2-7,9-10H,8H2,1H3,(H,19,20). The molecule has 0 bridgehead atoms. The Hall–Kier alpha value is -2.26. The van der Waals surface area contributed by atoms with Crippen molar-refractivity contribution in [3.05, 3.63) is 64.9 Å².